The zero-order valence-corrected chi connectivity index (χ0v) is 17.3. The van der Waals surface area contributed by atoms with E-state index in [9.17, 15) is 9.90 Å². The molecule has 1 aliphatic heterocycles. The standard InChI is InChI=1S/C24H23ClN2O3/c25-22-7-3-1-5-18(22)17-30-23-8-4-2-6-21(23)24(29)27-15-13-26(14-16-27)19-9-11-20(28)12-10-19/h1-12,28H,13-17H2. The number of anilines is 1. The lowest BCUT2D eigenvalue weighted by molar-refractivity contribution is 0.0742. The first-order chi connectivity index (χ1) is 14.6. The van der Waals surface area contributed by atoms with Crippen molar-refractivity contribution in [1.29, 1.82) is 0 Å². The summed E-state index contributed by atoms with van der Waals surface area (Å²) in [6.45, 7) is 3.02. The number of carbonyl (C=O) groups is 1. The number of nitrogens with zero attached hydrogens (tertiary/aromatic N) is 2. The van der Waals surface area contributed by atoms with Crippen LogP contribution in [0, 0.1) is 0 Å². The number of phenolic OH excluding ortho intramolecular Hbond substituents is 1. The first-order valence-electron chi connectivity index (χ1n) is 9.90. The molecule has 6 heteroatoms. The number of amides is 1. The molecule has 1 heterocycles. The van der Waals surface area contributed by atoms with Crippen molar-refractivity contribution in [3.8, 4) is 11.5 Å². The maximum absolute atomic E-state index is 13.2. The van der Waals surface area contributed by atoms with Gasteiger partial charge in [-0.25, -0.2) is 0 Å². The Balaban J connectivity index is 1.41. The summed E-state index contributed by atoms with van der Waals surface area (Å²) in [5, 5.41) is 10.1. The summed E-state index contributed by atoms with van der Waals surface area (Å²) in [5.74, 6) is 0.777. The number of piperazine rings is 1. The molecule has 1 saturated heterocycles. The van der Waals surface area contributed by atoms with Gasteiger partial charge in [-0.05, 0) is 42.5 Å². The molecule has 1 N–H and O–H groups in total. The smallest absolute Gasteiger partial charge is 0.257 e. The van der Waals surface area contributed by atoms with E-state index in [0.717, 1.165) is 24.3 Å². The molecule has 154 valence electrons. The number of hydrogen-bond acceptors (Lipinski definition) is 4. The number of aromatic hydroxyl groups is 1. The van der Waals surface area contributed by atoms with Gasteiger partial charge in [0.2, 0.25) is 0 Å². The van der Waals surface area contributed by atoms with E-state index in [1.165, 1.54) is 0 Å². The number of para-hydroxylation sites is 1. The molecular formula is C24H23ClN2O3. The van der Waals surface area contributed by atoms with Crippen LogP contribution in [-0.4, -0.2) is 42.1 Å². The number of carbonyl (C=O) groups excluding carboxylic acids is 1. The van der Waals surface area contributed by atoms with E-state index in [2.05, 4.69) is 4.90 Å². The second-order valence-electron chi connectivity index (χ2n) is 7.17. The molecule has 3 aromatic rings. The van der Waals surface area contributed by atoms with Crippen LogP contribution >= 0.6 is 11.6 Å². The molecule has 0 aromatic heterocycles. The summed E-state index contributed by atoms with van der Waals surface area (Å²) in [6.07, 6.45) is 0. The van der Waals surface area contributed by atoms with Crippen LogP contribution in [0.2, 0.25) is 5.02 Å². The van der Waals surface area contributed by atoms with Crippen LogP contribution < -0.4 is 9.64 Å². The Bertz CT molecular complexity index is 1010. The van der Waals surface area contributed by atoms with Gasteiger partial charge < -0.3 is 19.6 Å². The highest BCUT2D eigenvalue weighted by Crippen LogP contribution is 2.25. The lowest BCUT2D eigenvalue weighted by Crippen LogP contribution is -2.48. The predicted molar refractivity (Wildman–Crippen MR) is 118 cm³/mol. The molecule has 4 rings (SSSR count). The zero-order chi connectivity index (χ0) is 20.9. The second kappa shape index (κ2) is 9.09. The fraction of sp³-hybridized carbons (Fsp3) is 0.208. The van der Waals surface area contributed by atoms with Crippen LogP contribution in [0.4, 0.5) is 5.69 Å². The molecule has 0 bridgehead atoms. The Kier molecular flexibility index (Phi) is 6.10. The van der Waals surface area contributed by atoms with Gasteiger partial charge in [0.05, 0.1) is 5.56 Å². The normalized spacial score (nSPS) is 13.9. The highest BCUT2D eigenvalue weighted by atomic mass is 35.5. The average Bonchev–Trinajstić information content (AvgIpc) is 2.79. The van der Waals surface area contributed by atoms with Crippen LogP contribution in [-0.2, 0) is 6.61 Å². The third-order valence-electron chi connectivity index (χ3n) is 5.24. The van der Waals surface area contributed by atoms with E-state index in [1.54, 1.807) is 18.2 Å². The lowest BCUT2D eigenvalue weighted by Gasteiger charge is -2.36. The van der Waals surface area contributed by atoms with Crippen molar-refractivity contribution in [3.05, 3.63) is 88.9 Å². The number of hydrogen-bond donors (Lipinski definition) is 1. The molecule has 1 aliphatic rings. The van der Waals surface area contributed by atoms with Gasteiger partial charge in [-0.2, -0.15) is 0 Å². The number of halogens is 1. The Morgan fingerprint density at radius 2 is 1.57 bits per heavy atom. The second-order valence-corrected chi connectivity index (χ2v) is 7.58. The maximum atomic E-state index is 13.2. The molecule has 0 spiro atoms. The predicted octanol–water partition coefficient (Wildman–Crippen LogP) is 4.59. The van der Waals surface area contributed by atoms with Gasteiger partial charge >= 0.3 is 0 Å². The lowest BCUT2D eigenvalue weighted by atomic mass is 10.1. The Labute approximate surface area is 181 Å². The van der Waals surface area contributed by atoms with Gasteiger partial charge in [-0.3, -0.25) is 4.79 Å². The average molecular weight is 423 g/mol. The van der Waals surface area contributed by atoms with Crippen molar-refractivity contribution in [3.63, 3.8) is 0 Å². The molecule has 1 amide bonds. The fourth-order valence-electron chi connectivity index (χ4n) is 3.54. The van der Waals surface area contributed by atoms with Gasteiger partial charge in [0.1, 0.15) is 18.1 Å². The van der Waals surface area contributed by atoms with Gasteiger partial charge in [-0.15, -0.1) is 0 Å². The summed E-state index contributed by atoms with van der Waals surface area (Å²) in [6, 6.07) is 22.0. The Morgan fingerprint density at radius 1 is 0.900 bits per heavy atom. The minimum Gasteiger partial charge on any atom is -0.508 e. The van der Waals surface area contributed by atoms with Gasteiger partial charge in [0.25, 0.3) is 5.91 Å². The van der Waals surface area contributed by atoms with Crippen molar-refractivity contribution in [2.24, 2.45) is 0 Å². The molecule has 0 atom stereocenters. The van der Waals surface area contributed by atoms with Crippen molar-refractivity contribution in [2.45, 2.75) is 6.61 Å². The van der Waals surface area contributed by atoms with Crippen LogP contribution in [0.3, 0.4) is 0 Å². The van der Waals surface area contributed by atoms with Crippen molar-refractivity contribution in [2.75, 3.05) is 31.1 Å². The van der Waals surface area contributed by atoms with Crippen molar-refractivity contribution >= 4 is 23.2 Å². The first-order valence-corrected chi connectivity index (χ1v) is 10.3. The van der Waals surface area contributed by atoms with E-state index in [0.29, 0.717) is 36.0 Å². The van der Waals surface area contributed by atoms with Crippen molar-refractivity contribution < 1.29 is 14.6 Å². The number of ether oxygens (including phenoxy) is 1. The molecule has 30 heavy (non-hydrogen) atoms. The summed E-state index contributed by atoms with van der Waals surface area (Å²) in [7, 11) is 0. The molecular weight excluding hydrogens is 400 g/mol. The van der Waals surface area contributed by atoms with Crippen LogP contribution in [0.25, 0.3) is 0 Å². The molecule has 0 aliphatic carbocycles. The van der Waals surface area contributed by atoms with E-state index in [4.69, 9.17) is 16.3 Å². The highest BCUT2D eigenvalue weighted by Gasteiger charge is 2.24. The summed E-state index contributed by atoms with van der Waals surface area (Å²) in [5.41, 5.74) is 2.48. The van der Waals surface area contributed by atoms with E-state index >= 15 is 0 Å². The molecule has 1 fully saturated rings. The van der Waals surface area contributed by atoms with Crippen LogP contribution in [0.5, 0.6) is 11.5 Å². The first kappa shape index (κ1) is 20.1. The minimum atomic E-state index is -0.0323. The van der Waals surface area contributed by atoms with Crippen LogP contribution in [0.15, 0.2) is 72.8 Å². The largest absolute Gasteiger partial charge is 0.508 e. The van der Waals surface area contributed by atoms with E-state index in [-0.39, 0.29) is 11.7 Å². The Morgan fingerprint density at radius 3 is 2.30 bits per heavy atom. The van der Waals surface area contributed by atoms with E-state index < -0.39 is 0 Å². The van der Waals surface area contributed by atoms with E-state index in [1.807, 2.05) is 59.5 Å². The third-order valence-corrected chi connectivity index (χ3v) is 5.61. The molecule has 0 unspecified atom stereocenters. The molecule has 0 radical (unpaired) electrons. The summed E-state index contributed by atoms with van der Waals surface area (Å²) in [4.78, 5) is 17.2. The highest BCUT2D eigenvalue weighted by molar-refractivity contribution is 6.31. The van der Waals surface area contributed by atoms with Crippen LogP contribution in [0.1, 0.15) is 15.9 Å². The Hall–Kier alpha value is -3.18. The van der Waals surface area contributed by atoms with Gasteiger partial charge in [-0.1, -0.05) is 41.9 Å². The van der Waals surface area contributed by atoms with Gasteiger partial charge in [0, 0.05) is 42.5 Å². The summed E-state index contributed by atoms with van der Waals surface area (Å²) < 4.78 is 5.95. The zero-order valence-electron chi connectivity index (χ0n) is 16.5. The van der Waals surface area contributed by atoms with Crippen molar-refractivity contribution in [1.82, 2.24) is 4.90 Å². The summed E-state index contributed by atoms with van der Waals surface area (Å²) >= 11 is 6.21. The topological polar surface area (TPSA) is 53.0 Å². The number of benzene rings is 3. The fourth-order valence-corrected chi connectivity index (χ4v) is 3.73. The molecule has 3 aromatic carbocycles. The minimum absolute atomic E-state index is 0.0323. The number of phenols is 1. The molecule has 0 saturated carbocycles. The molecule has 5 nitrogen and oxygen atoms in total. The quantitative estimate of drug-likeness (QED) is 0.653. The monoisotopic (exact) mass is 422 g/mol. The SMILES string of the molecule is O=C(c1ccccc1OCc1ccccc1Cl)N1CCN(c2ccc(O)cc2)CC1. The van der Waals surface area contributed by atoms with Gasteiger partial charge in [0.15, 0.2) is 0 Å². The third kappa shape index (κ3) is 4.52. The maximum Gasteiger partial charge on any atom is 0.257 e. The number of rotatable bonds is 5.